The number of rotatable bonds is 0. The van der Waals surface area contributed by atoms with Crippen LogP contribution in [0.1, 0.15) is 0 Å². The van der Waals surface area contributed by atoms with E-state index in [1.807, 2.05) is 0 Å². The van der Waals surface area contributed by atoms with Crippen molar-refractivity contribution in [2.24, 2.45) is 0 Å². The van der Waals surface area contributed by atoms with Gasteiger partial charge < -0.3 is 0 Å². The predicted molar refractivity (Wildman–Crippen MR) is 12.3 cm³/mol. The lowest BCUT2D eigenvalue weighted by molar-refractivity contribution is -0.673. The molecule has 0 aliphatic carbocycles. The summed E-state index contributed by atoms with van der Waals surface area (Å²) >= 11 is 0. The summed E-state index contributed by atoms with van der Waals surface area (Å²) in [5.41, 5.74) is 0. The topological polar surface area (TPSA) is 55.4 Å². The standard InChI is InChI=1S/O6Si/c1-3-7(4-1)5-2-6-7. The van der Waals surface area contributed by atoms with Crippen molar-refractivity contribution >= 4 is 9.05 Å². The number of hydrogen-bond acceptors (Lipinski definition) is 6. The summed E-state index contributed by atoms with van der Waals surface area (Å²) in [6, 6.07) is 0. The van der Waals surface area contributed by atoms with Crippen molar-refractivity contribution in [1.82, 2.24) is 0 Å². The molecule has 7 heavy (non-hydrogen) atoms. The summed E-state index contributed by atoms with van der Waals surface area (Å²) in [6.45, 7) is 0. The van der Waals surface area contributed by atoms with Crippen LogP contribution >= 0.6 is 0 Å². The Bertz CT molecular complexity index is 64.7. The quantitative estimate of drug-likeness (QED) is 0.311. The molecule has 7 heteroatoms. The smallest absolute Gasteiger partial charge is 0.161 e. The van der Waals surface area contributed by atoms with E-state index in [4.69, 9.17) is 0 Å². The minimum absolute atomic E-state index is 2.73. The van der Waals surface area contributed by atoms with Crippen LogP contribution in [0.2, 0.25) is 0 Å². The van der Waals surface area contributed by atoms with Crippen LogP contribution in [-0.2, 0) is 28.4 Å². The van der Waals surface area contributed by atoms with E-state index in [-0.39, 0.29) is 0 Å². The molecule has 1 spiro atoms. The first-order valence-corrected chi connectivity index (χ1v) is 3.12. The van der Waals surface area contributed by atoms with Crippen LogP contribution in [-0.4, -0.2) is 9.05 Å². The normalized spacial score (nSPS) is 34.3. The molecule has 0 atom stereocenters. The molecule has 2 aliphatic rings. The van der Waals surface area contributed by atoms with Gasteiger partial charge in [0.15, 0.2) is 0 Å². The Morgan fingerprint density at radius 3 is 1.14 bits per heavy atom. The second kappa shape index (κ2) is 1.03. The molecular formula is O6Si. The van der Waals surface area contributed by atoms with E-state index in [9.17, 15) is 0 Å². The molecule has 0 radical (unpaired) electrons. The van der Waals surface area contributed by atoms with E-state index >= 15 is 0 Å². The van der Waals surface area contributed by atoms with Gasteiger partial charge in [-0.25, -0.2) is 0 Å². The van der Waals surface area contributed by atoms with E-state index in [0.29, 0.717) is 0 Å². The first-order valence-electron chi connectivity index (χ1n) is 1.48. The fraction of sp³-hybridized carbons (Fsp3) is 0. The maximum Gasteiger partial charge on any atom is 0.801 e. The van der Waals surface area contributed by atoms with Gasteiger partial charge in [0.05, 0.1) is 0 Å². The van der Waals surface area contributed by atoms with E-state index in [1.54, 1.807) is 0 Å². The van der Waals surface area contributed by atoms with Gasteiger partial charge in [-0.05, 0) is 0 Å². The largest absolute Gasteiger partial charge is 0.801 e. The van der Waals surface area contributed by atoms with Crippen molar-refractivity contribution in [3.8, 4) is 0 Å². The third-order valence-electron chi connectivity index (χ3n) is 0.544. The lowest BCUT2D eigenvalue weighted by Gasteiger charge is -2.33. The molecule has 2 saturated heterocycles. The minimum atomic E-state index is -2.73. The molecule has 0 aromatic heterocycles. The zero-order valence-electron chi connectivity index (χ0n) is 2.95. The molecule has 0 amide bonds. The average molecular weight is 124 g/mol. The van der Waals surface area contributed by atoms with Gasteiger partial charge in [0.2, 0.25) is 0 Å². The fourth-order valence-corrected chi connectivity index (χ4v) is 0.704. The van der Waals surface area contributed by atoms with Crippen molar-refractivity contribution in [3.63, 3.8) is 0 Å². The fourth-order valence-electron chi connectivity index (χ4n) is 0.235. The summed E-state index contributed by atoms with van der Waals surface area (Å²) in [5.74, 6) is 0. The molecule has 40 valence electrons. The molecule has 0 saturated carbocycles. The highest BCUT2D eigenvalue weighted by Crippen LogP contribution is 2.29. The van der Waals surface area contributed by atoms with Crippen molar-refractivity contribution in [1.29, 1.82) is 0 Å². The minimum Gasteiger partial charge on any atom is -0.161 e. The Morgan fingerprint density at radius 2 is 1.14 bits per heavy atom. The van der Waals surface area contributed by atoms with Crippen LogP contribution in [0.3, 0.4) is 0 Å². The van der Waals surface area contributed by atoms with Crippen LogP contribution < -0.4 is 0 Å². The third kappa shape index (κ3) is 0.370. The third-order valence-corrected chi connectivity index (χ3v) is 1.63. The molecule has 2 heterocycles. The van der Waals surface area contributed by atoms with Crippen LogP contribution in [0.15, 0.2) is 0 Å². The van der Waals surface area contributed by atoms with E-state index in [0.717, 1.165) is 0 Å². The van der Waals surface area contributed by atoms with Crippen molar-refractivity contribution in [2.75, 3.05) is 0 Å². The van der Waals surface area contributed by atoms with Gasteiger partial charge in [0, 0.05) is 0 Å². The van der Waals surface area contributed by atoms with Gasteiger partial charge in [0.25, 0.3) is 0 Å². The van der Waals surface area contributed by atoms with Crippen molar-refractivity contribution in [3.05, 3.63) is 0 Å². The highest BCUT2D eigenvalue weighted by Gasteiger charge is 2.69. The zero-order valence-corrected chi connectivity index (χ0v) is 3.95. The second-order valence-electron chi connectivity index (χ2n) is 0.969. The van der Waals surface area contributed by atoms with Crippen LogP contribution in [0, 0.1) is 0 Å². The Morgan fingerprint density at radius 1 is 0.714 bits per heavy atom. The summed E-state index contributed by atoms with van der Waals surface area (Å²) < 4.78 is 16.8. The predicted octanol–water partition coefficient (Wildman–Crippen LogP) is -0.791. The SMILES string of the molecule is O1O[Si]2(O1)OOO2. The first-order chi connectivity index (χ1) is 3.41. The van der Waals surface area contributed by atoms with Gasteiger partial charge in [-0.15, -0.1) is 0 Å². The van der Waals surface area contributed by atoms with Gasteiger partial charge >= 0.3 is 9.05 Å². The van der Waals surface area contributed by atoms with Crippen molar-refractivity contribution in [2.45, 2.75) is 0 Å². The van der Waals surface area contributed by atoms with Gasteiger partial charge in [-0.3, -0.25) is 0 Å². The highest BCUT2D eigenvalue weighted by atomic mass is 28.4. The summed E-state index contributed by atoms with van der Waals surface area (Å²) in [7, 11) is -2.73. The monoisotopic (exact) mass is 124 g/mol. The first kappa shape index (κ1) is 3.92. The lowest BCUT2D eigenvalue weighted by Crippen LogP contribution is -2.63. The Balaban J connectivity index is 2.00. The maximum absolute atomic E-state index is 4.20. The second-order valence-corrected chi connectivity index (χ2v) is 2.64. The molecule has 0 bridgehead atoms. The van der Waals surface area contributed by atoms with E-state index < -0.39 is 9.05 Å². The van der Waals surface area contributed by atoms with E-state index in [2.05, 4.69) is 28.4 Å². The average Bonchev–Trinajstić information content (AvgIpc) is 1.20. The van der Waals surface area contributed by atoms with Crippen LogP contribution in [0.4, 0.5) is 0 Å². The Kier molecular flexibility index (Phi) is 0.577. The van der Waals surface area contributed by atoms with Gasteiger partial charge in [-0.1, -0.05) is 10.1 Å². The molecule has 2 aliphatic heterocycles. The molecule has 0 N–H and O–H groups in total. The summed E-state index contributed by atoms with van der Waals surface area (Å²) in [4.78, 5) is 0. The van der Waals surface area contributed by atoms with Crippen LogP contribution in [0.25, 0.3) is 0 Å². The summed E-state index contributed by atoms with van der Waals surface area (Å²) in [6.07, 6.45) is 0. The van der Waals surface area contributed by atoms with Gasteiger partial charge in [0.1, 0.15) is 0 Å². The maximum atomic E-state index is 4.20. The molecule has 6 nitrogen and oxygen atoms in total. The number of hydrogen-bond donors (Lipinski definition) is 0. The molecule has 2 fully saturated rings. The Labute approximate surface area is 38.6 Å². The molecular weight excluding hydrogens is 124 g/mol. The van der Waals surface area contributed by atoms with Gasteiger partial charge in [-0.2, -0.15) is 18.3 Å². The van der Waals surface area contributed by atoms with Crippen LogP contribution in [0.5, 0.6) is 0 Å². The lowest BCUT2D eigenvalue weighted by atomic mass is 14.4. The molecule has 2 rings (SSSR count). The molecule has 0 aromatic carbocycles. The molecule has 0 aromatic rings. The highest BCUT2D eigenvalue weighted by molar-refractivity contribution is 6.54. The Hall–Kier alpha value is -0.0231. The summed E-state index contributed by atoms with van der Waals surface area (Å²) in [5, 5.41) is 7.62. The van der Waals surface area contributed by atoms with E-state index in [1.165, 1.54) is 0 Å². The van der Waals surface area contributed by atoms with Crippen molar-refractivity contribution < 1.29 is 28.4 Å². The zero-order chi connectivity index (χ0) is 4.74. The molecule has 0 unspecified atom stereocenters.